The minimum atomic E-state index is 0.684. The van der Waals surface area contributed by atoms with Crippen LogP contribution in [0.3, 0.4) is 0 Å². The summed E-state index contributed by atoms with van der Waals surface area (Å²) >= 11 is 0. The normalized spacial score (nSPS) is 11.6. The summed E-state index contributed by atoms with van der Waals surface area (Å²) in [5.74, 6) is 0.684. The zero-order valence-electron chi connectivity index (χ0n) is 14.8. The molecule has 0 aliphatic heterocycles. The maximum absolute atomic E-state index is 5.62. The van der Waals surface area contributed by atoms with Gasteiger partial charge in [0.25, 0.3) is 0 Å². The maximum atomic E-state index is 5.62. The molecule has 0 saturated carbocycles. The number of rotatable bonds is 2. The fraction of sp³-hybridized carbons (Fsp3) is 0. The molecule has 0 atom stereocenters. The Hall–Kier alpha value is -3.99. The van der Waals surface area contributed by atoms with Crippen LogP contribution in [0.2, 0.25) is 0 Å². The summed E-state index contributed by atoms with van der Waals surface area (Å²) in [5, 5.41) is 3.40. The third-order valence-corrected chi connectivity index (χ3v) is 5.08. The third-order valence-electron chi connectivity index (χ3n) is 5.08. The molecule has 0 saturated heterocycles. The molecule has 4 aromatic heterocycles. The van der Waals surface area contributed by atoms with Crippen molar-refractivity contribution in [3.8, 4) is 17.1 Å². The Balaban J connectivity index is 1.62. The molecular formula is C23H14N4O. The fourth-order valence-corrected chi connectivity index (χ4v) is 3.79. The van der Waals surface area contributed by atoms with Gasteiger partial charge in [-0.15, -0.1) is 0 Å². The molecule has 0 radical (unpaired) electrons. The molecule has 0 N–H and O–H groups in total. The van der Waals surface area contributed by atoms with E-state index >= 15 is 0 Å². The van der Waals surface area contributed by atoms with Gasteiger partial charge in [0.2, 0.25) is 0 Å². The van der Waals surface area contributed by atoms with Crippen LogP contribution in [0.4, 0.5) is 0 Å². The number of benzene rings is 2. The molecule has 0 unspecified atom stereocenters. The van der Waals surface area contributed by atoms with Crippen LogP contribution in [0.5, 0.6) is 0 Å². The van der Waals surface area contributed by atoms with Crippen molar-refractivity contribution in [2.45, 2.75) is 0 Å². The number of hydrogen-bond donors (Lipinski definition) is 0. The number of aromatic nitrogens is 4. The third kappa shape index (κ3) is 2.16. The van der Waals surface area contributed by atoms with E-state index in [9.17, 15) is 0 Å². The smallest absolute Gasteiger partial charge is 0.159 e. The van der Waals surface area contributed by atoms with Crippen LogP contribution < -0.4 is 0 Å². The second-order valence-electron chi connectivity index (χ2n) is 6.68. The van der Waals surface area contributed by atoms with Gasteiger partial charge in [-0.1, -0.05) is 18.2 Å². The lowest BCUT2D eigenvalue weighted by Gasteiger charge is -2.08. The molecule has 6 rings (SSSR count). The average molecular weight is 362 g/mol. The van der Waals surface area contributed by atoms with Gasteiger partial charge in [0, 0.05) is 34.1 Å². The average Bonchev–Trinajstić information content (AvgIpc) is 3.35. The van der Waals surface area contributed by atoms with E-state index < -0.39 is 0 Å². The van der Waals surface area contributed by atoms with Crippen molar-refractivity contribution in [2.24, 2.45) is 0 Å². The first kappa shape index (κ1) is 15.1. The predicted octanol–water partition coefficient (Wildman–Crippen LogP) is 5.38. The van der Waals surface area contributed by atoms with Crippen LogP contribution in [-0.2, 0) is 0 Å². The predicted molar refractivity (Wildman–Crippen MR) is 109 cm³/mol. The van der Waals surface area contributed by atoms with Gasteiger partial charge in [-0.25, -0.2) is 9.97 Å². The van der Waals surface area contributed by atoms with E-state index in [0.717, 1.165) is 38.6 Å². The highest BCUT2D eigenvalue weighted by Crippen LogP contribution is 2.34. The largest absolute Gasteiger partial charge is 0.464 e. The van der Waals surface area contributed by atoms with Crippen molar-refractivity contribution in [2.75, 3.05) is 0 Å². The fourth-order valence-electron chi connectivity index (χ4n) is 3.79. The van der Waals surface area contributed by atoms with E-state index in [1.807, 2.05) is 36.7 Å². The molecular weight excluding hydrogens is 348 g/mol. The molecule has 0 aliphatic rings. The quantitative estimate of drug-likeness (QED) is 0.415. The van der Waals surface area contributed by atoms with Gasteiger partial charge in [-0.2, -0.15) is 0 Å². The molecule has 0 bridgehead atoms. The minimum absolute atomic E-state index is 0.684. The molecule has 132 valence electrons. The highest BCUT2D eigenvalue weighted by Gasteiger charge is 2.14. The molecule has 5 heteroatoms. The zero-order valence-corrected chi connectivity index (χ0v) is 14.8. The Labute approximate surface area is 159 Å². The minimum Gasteiger partial charge on any atom is -0.464 e. The van der Waals surface area contributed by atoms with Crippen LogP contribution in [0.1, 0.15) is 0 Å². The van der Waals surface area contributed by atoms with Crippen LogP contribution in [0.25, 0.3) is 49.9 Å². The molecule has 0 fully saturated rings. The van der Waals surface area contributed by atoms with E-state index in [1.54, 1.807) is 18.7 Å². The summed E-state index contributed by atoms with van der Waals surface area (Å²) < 4.78 is 7.82. The van der Waals surface area contributed by atoms with Crippen LogP contribution >= 0.6 is 0 Å². The zero-order chi connectivity index (χ0) is 18.5. The molecule has 2 aromatic carbocycles. The van der Waals surface area contributed by atoms with E-state index in [0.29, 0.717) is 5.82 Å². The molecule has 0 spiro atoms. The summed E-state index contributed by atoms with van der Waals surface area (Å²) in [6.45, 7) is 0. The van der Waals surface area contributed by atoms with Crippen LogP contribution in [0.15, 0.2) is 90.1 Å². The monoisotopic (exact) mass is 362 g/mol. The van der Waals surface area contributed by atoms with Gasteiger partial charge >= 0.3 is 0 Å². The van der Waals surface area contributed by atoms with Crippen molar-refractivity contribution in [1.82, 2.24) is 19.5 Å². The SMILES string of the molecule is c1ccc2c(c1)c1cc3occc3cc1n2-c1cnc(-c2ccncc2)nc1. The summed E-state index contributed by atoms with van der Waals surface area (Å²) in [7, 11) is 0. The summed E-state index contributed by atoms with van der Waals surface area (Å²) in [6.07, 6.45) is 8.95. The molecule has 6 aromatic rings. The van der Waals surface area contributed by atoms with Gasteiger partial charge in [0.15, 0.2) is 5.82 Å². The lowest BCUT2D eigenvalue weighted by molar-refractivity contribution is 0.616. The Morgan fingerprint density at radius 2 is 1.61 bits per heavy atom. The number of para-hydroxylation sites is 1. The highest BCUT2D eigenvalue weighted by molar-refractivity contribution is 6.12. The van der Waals surface area contributed by atoms with E-state index in [-0.39, 0.29) is 0 Å². The number of fused-ring (bicyclic) bond motifs is 4. The Kier molecular flexibility index (Phi) is 3.10. The number of furan rings is 1. The molecule has 0 amide bonds. The lowest BCUT2D eigenvalue weighted by Crippen LogP contribution is -1.97. The van der Waals surface area contributed by atoms with Crippen molar-refractivity contribution < 1.29 is 4.42 Å². The van der Waals surface area contributed by atoms with Gasteiger partial charge in [0.1, 0.15) is 5.58 Å². The topological polar surface area (TPSA) is 56.7 Å². The molecule has 28 heavy (non-hydrogen) atoms. The van der Waals surface area contributed by atoms with Gasteiger partial charge < -0.3 is 8.98 Å². The van der Waals surface area contributed by atoms with E-state index in [1.165, 1.54) is 5.39 Å². The number of pyridine rings is 1. The Bertz CT molecular complexity index is 1450. The second kappa shape index (κ2) is 5.76. The van der Waals surface area contributed by atoms with Crippen molar-refractivity contribution in [3.05, 3.63) is 85.6 Å². The molecule has 4 heterocycles. The van der Waals surface area contributed by atoms with E-state index in [4.69, 9.17) is 4.42 Å². The maximum Gasteiger partial charge on any atom is 0.159 e. The summed E-state index contributed by atoms with van der Waals surface area (Å²) in [4.78, 5) is 13.2. The Morgan fingerprint density at radius 1 is 0.786 bits per heavy atom. The van der Waals surface area contributed by atoms with Crippen molar-refractivity contribution in [1.29, 1.82) is 0 Å². The first-order valence-corrected chi connectivity index (χ1v) is 9.02. The summed E-state index contributed by atoms with van der Waals surface area (Å²) in [6, 6.07) is 18.4. The van der Waals surface area contributed by atoms with Gasteiger partial charge in [0.05, 0.1) is 35.4 Å². The summed E-state index contributed by atoms with van der Waals surface area (Å²) in [5.41, 5.74) is 4.98. The molecule has 0 aliphatic carbocycles. The second-order valence-corrected chi connectivity index (χ2v) is 6.68. The van der Waals surface area contributed by atoms with Crippen molar-refractivity contribution in [3.63, 3.8) is 0 Å². The standard InChI is InChI=1S/C23H14N4O/c1-2-4-20-18(3-1)19-12-22-16(7-10-28-22)11-21(19)27(20)17-13-25-23(26-14-17)15-5-8-24-9-6-15/h1-14H. The van der Waals surface area contributed by atoms with Crippen LogP contribution in [-0.4, -0.2) is 19.5 Å². The number of hydrogen-bond acceptors (Lipinski definition) is 4. The van der Waals surface area contributed by atoms with Gasteiger partial charge in [-0.05, 0) is 36.4 Å². The van der Waals surface area contributed by atoms with Crippen LogP contribution in [0, 0.1) is 0 Å². The van der Waals surface area contributed by atoms with E-state index in [2.05, 4.69) is 49.9 Å². The first-order chi connectivity index (χ1) is 13.9. The number of nitrogens with zero attached hydrogens (tertiary/aromatic N) is 4. The van der Waals surface area contributed by atoms with Crippen molar-refractivity contribution >= 4 is 32.8 Å². The van der Waals surface area contributed by atoms with Gasteiger partial charge in [-0.3, -0.25) is 4.98 Å². The first-order valence-electron chi connectivity index (χ1n) is 9.02. The molecule has 5 nitrogen and oxygen atoms in total. The lowest BCUT2D eigenvalue weighted by atomic mass is 10.1. The highest BCUT2D eigenvalue weighted by atomic mass is 16.3. The Morgan fingerprint density at radius 3 is 2.46 bits per heavy atom.